The Labute approximate surface area is 222 Å². The molecule has 2 N–H and O–H groups in total. The first kappa shape index (κ1) is 24.7. The highest BCUT2D eigenvalue weighted by Crippen LogP contribution is 2.43. The molecular formula is C27H24F3N7O2. The Hall–Kier alpha value is -4.61. The van der Waals surface area contributed by atoms with Gasteiger partial charge in [0.25, 0.3) is 6.02 Å². The molecule has 2 unspecified atom stereocenters. The fraction of sp³-hybridized carbons (Fsp3) is 0.259. The number of carbonyl (C=O) groups excluding carboxylic acids is 1. The van der Waals surface area contributed by atoms with Crippen molar-refractivity contribution in [1.29, 1.82) is 0 Å². The number of fused-ring (bicyclic) bond motifs is 1. The Morgan fingerprint density at radius 3 is 2.56 bits per heavy atom. The third-order valence-electron chi connectivity index (χ3n) is 6.94. The molecule has 0 radical (unpaired) electrons. The molecule has 1 fully saturated rings. The number of aromatic nitrogens is 2. The summed E-state index contributed by atoms with van der Waals surface area (Å²) >= 11 is 0. The van der Waals surface area contributed by atoms with E-state index in [0.717, 1.165) is 23.4 Å². The predicted octanol–water partition coefficient (Wildman–Crippen LogP) is 4.96. The quantitative estimate of drug-likeness (QED) is 0.480. The number of nitrogens with zero attached hydrogens (tertiary/aromatic N) is 5. The van der Waals surface area contributed by atoms with E-state index < -0.39 is 11.6 Å². The minimum atomic E-state index is -1.02. The highest BCUT2D eigenvalue weighted by atomic mass is 19.2. The predicted molar refractivity (Wildman–Crippen MR) is 137 cm³/mol. The molecule has 0 aliphatic carbocycles. The maximum Gasteiger partial charge on any atom is 0.321 e. The van der Waals surface area contributed by atoms with Crippen molar-refractivity contribution in [3.63, 3.8) is 0 Å². The van der Waals surface area contributed by atoms with Gasteiger partial charge in [-0.3, -0.25) is 4.90 Å². The topological polar surface area (TPSA) is 95.0 Å². The minimum absolute atomic E-state index is 0.0332. The zero-order chi connectivity index (χ0) is 26.9. The summed E-state index contributed by atoms with van der Waals surface area (Å²) in [6.07, 6.45) is 6.33. The number of halogens is 3. The summed E-state index contributed by atoms with van der Waals surface area (Å²) in [6, 6.07) is 10.8. The molecule has 0 spiro atoms. The second-order valence-corrected chi connectivity index (χ2v) is 9.43. The van der Waals surface area contributed by atoms with E-state index in [9.17, 15) is 18.0 Å². The van der Waals surface area contributed by atoms with Gasteiger partial charge in [0, 0.05) is 43.3 Å². The molecule has 2 aromatic carbocycles. The van der Waals surface area contributed by atoms with Crippen LogP contribution in [0.15, 0.2) is 72.2 Å². The maximum atomic E-state index is 13.5. The average Bonchev–Trinajstić information content (AvgIpc) is 3.53. The number of likely N-dealkylation sites (tertiary alicyclic amines) is 1. The summed E-state index contributed by atoms with van der Waals surface area (Å²) in [7, 11) is 0. The Morgan fingerprint density at radius 2 is 1.79 bits per heavy atom. The van der Waals surface area contributed by atoms with Crippen molar-refractivity contribution in [2.75, 3.05) is 23.7 Å². The molecule has 3 aromatic rings. The molecule has 1 aromatic heterocycles. The average molecular weight is 536 g/mol. The van der Waals surface area contributed by atoms with Crippen LogP contribution in [0.2, 0.25) is 0 Å². The molecular weight excluding hydrogens is 511 g/mol. The number of hydrogen-bond acceptors (Lipinski definition) is 7. The third kappa shape index (κ3) is 5.09. The lowest BCUT2D eigenvalue weighted by Crippen LogP contribution is -2.44. The summed E-state index contributed by atoms with van der Waals surface area (Å²) < 4.78 is 45.7. The van der Waals surface area contributed by atoms with Gasteiger partial charge >= 0.3 is 6.03 Å². The van der Waals surface area contributed by atoms with E-state index in [1.54, 1.807) is 35.7 Å². The van der Waals surface area contributed by atoms with Gasteiger partial charge in [-0.25, -0.2) is 32.9 Å². The Kier molecular flexibility index (Phi) is 6.51. The van der Waals surface area contributed by atoms with Crippen LogP contribution < -0.4 is 10.6 Å². The first-order valence-corrected chi connectivity index (χ1v) is 12.5. The Bertz CT molecular complexity index is 1440. The monoisotopic (exact) mass is 535 g/mol. The number of amidine groups is 1. The van der Waals surface area contributed by atoms with E-state index in [1.165, 1.54) is 18.2 Å². The van der Waals surface area contributed by atoms with Crippen molar-refractivity contribution in [3.8, 4) is 0 Å². The molecule has 6 rings (SSSR count). The van der Waals surface area contributed by atoms with E-state index in [2.05, 4.69) is 20.6 Å². The van der Waals surface area contributed by atoms with Crippen molar-refractivity contribution < 1.29 is 22.7 Å². The fourth-order valence-corrected chi connectivity index (χ4v) is 4.95. The standard InChI is InChI=1S/C27H24F3N7O2/c28-17-3-1-16(2-4-17)23-24(37-13-14-39-27(37)35-23)22-7-10-31-25(34-22)32-18-8-11-36(12-9-18)26(38)33-19-5-6-20(29)21(30)15-19/h1-7,10,13-15,18,23-24H,8-9,11-12H2,(H,33,38)(H,31,32,34). The molecule has 9 nitrogen and oxygen atoms in total. The van der Waals surface area contributed by atoms with Gasteiger partial charge in [-0.15, -0.1) is 0 Å². The molecule has 2 atom stereocenters. The SMILES string of the molecule is O=C(Nc1ccc(F)c(F)c1)N1CCC(Nc2nccc(C3C(c4ccc(F)cc4)N=C4OC=CN43)n2)CC1. The summed E-state index contributed by atoms with van der Waals surface area (Å²) in [5.41, 5.74) is 1.75. The Balaban J connectivity index is 1.10. The molecule has 4 heterocycles. The highest BCUT2D eigenvalue weighted by molar-refractivity contribution is 5.89. The zero-order valence-corrected chi connectivity index (χ0v) is 20.6. The lowest BCUT2D eigenvalue weighted by Gasteiger charge is -2.32. The molecule has 39 heavy (non-hydrogen) atoms. The van der Waals surface area contributed by atoms with Gasteiger partial charge in [0.05, 0.1) is 5.69 Å². The van der Waals surface area contributed by atoms with Crippen molar-refractivity contribution in [2.24, 2.45) is 4.99 Å². The second kappa shape index (κ2) is 10.3. The molecule has 1 saturated heterocycles. The summed E-state index contributed by atoms with van der Waals surface area (Å²) in [4.78, 5) is 29.9. The fourth-order valence-electron chi connectivity index (χ4n) is 4.95. The molecule has 0 bridgehead atoms. The number of anilines is 2. The molecule has 3 aliphatic rings. The number of rotatable bonds is 5. The number of urea groups is 1. The lowest BCUT2D eigenvalue weighted by atomic mass is 9.97. The third-order valence-corrected chi connectivity index (χ3v) is 6.94. The second-order valence-electron chi connectivity index (χ2n) is 9.43. The smallest absolute Gasteiger partial charge is 0.321 e. The molecule has 200 valence electrons. The molecule has 12 heteroatoms. The molecule has 3 aliphatic heterocycles. The van der Waals surface area contributed by atoms with Crippen LogP contribution in [-0.2, 0) is 4.74 Å². The number of carbonyl (C=O) groups is 1. The summed E-state index contributed by atoms with van der Waals surface area (Å²) in [5.74, 6) is -1.86. The number of amides is 2. The van der Waals surface area contributed by atoms with Crippen LogP contribution in [0.5, 0.6) is 0 Å². The van der Waals surface area contributed by atoms with Gasteiger partial charge in [-0.05, 0) is 48.7 Å². The number of nitrogens with one attached hydrogen (secondary N) is 2. The van der Waals surface area contributed by atoms with Gasteiger partial charge in [0.2, 0.25) is 5.95 Å². The number of hydrogen-bond donors (Lipinski definition) is 2. The zero-order valence-electron chi connectivity index (χ0n) is 20.6. The van der Waals surface area contributed by atoms with E-state index in [1.807, 2.05) is 11.0 Å². The Morgan fingerprint density at radius 1 is 1.00 bits per heavy atom. The van der Waals surface area contributed by atoms with Gasteiger partial charge < -0.3 is 20.3 Å². The number of piperidine rings is 1. The number of ether oxygens (including phenoxy) is 1. The number of aliphatic imine (C=N–C) groups is 1. The lowest BCUT2D eigenvalue weighted by molar-refractivity contribution is 0.197. The van der Waals surface area contributed by atoms with Crippen LogP contribution >= 0.6 is 0 Å². The highest BCUT2D eigenvalue weighted by Gasteiger charge is 2.41. The summed E-state index contributed by atoms with van der Waals surface area (Å²) in [5, 5.41) is 5.97. The van der Waals surface area contributed by atoms with Crippen LogP contribution in [0.3, 0.4) is 0 Å². The van der Waals surface area contributed by atoms with Crippen molar-refractivity contribution in [1.82, 2.24) is 19.8 Å². The van der Waals surface area contributed by atoms with E-state index in [0.29, 0.717) is 37.9 Å². The largest absolute Gasteiger partial charge is 0.432 e. The first-order valence-electron chi connectivity index (χ1n) is 12.5. The van der Waals surface area contributed by atoms with Crippen LogP contribution in [0, 0.1) is 17.5 Å². The van der Waals surface area contributed by atoms with E-state index in [-0.39, 0.29) is 35.7 Å². The first-order chi connectivity index (χ1) is 18.9. The molecule has 2 amide bonds. The maximum absolute atomic E-state index is 13.5. The van der Waals surface area contributed by atoms with Crippen LogP contribution in [0.25, 0.3) is 0 Å². The van der Waals surface area contributed by atoms with E-state index in [4.69, 9.17) is 9.72 Å². The van der Waals surface area contributed by atoms with Gasteiger partial charge in [-0.1, -0.05) is 12.1 Å². The van der Waals surface area contributed by atoms with Gasteiger partial charge in [0.1, 0.15) is 24.2 Å². The van der Waals surface area contributed by atoms with Crippen LogP contribution in [0.4, 0.5) is 29.6 Å². The van der Waals surface area contributed by atoms with Crippen molar-refractivity contribution >= 4 is 23.7 Å². The van der Waals surface area contributed by atoms with Crippen LogP contribution in [0.1, 0.15) is 36.2 Å². The van der Waals surface area contributed by atoms with Crippen molar-refractivity contribution in [3.05, 3.63) is 95.9 Å². The summed E-state index contributed by atoms with van der Waals surface area (Å²) in [6.45, 7) is 0.935. The van der Waals surface area contributed by atoms with E-state index >= 15 is 0 Å². The number of benzene rings is 2. The van der Waals surface area contributed by atoms with Gasteiger partial charge in [0.15, 0.2) is 11.6 Å². The minimum Gasteiger partial charge on any atom is -0.432 e. The molecule has 0 saturated carbocycles. The van der Waals surface area contributed by atoms with Crippen LogP contribution in [-0.4, -0.2) is 51.0 Å². The van der Waals surface area contributed by atoms with Gasteiger partial charge in [-0.2, -0.15) is 0 Å². The normalized spacial score (nSPS) is 20.4. The van der Waals surface area contributed by atoms with Crippen molar-refractivity contribution in [2.45, 2.75) is 31.0 Å².